The Bertz CT molecular complexity index is 2330. The lowest BCUT2D eigenvalue weighted by Gasteiger charge is -2.16. The predicted molar refractivity (Wildman–Crippen MR) is 181 cm³/mol. The highest BCUT2D eigenvalue weighted by molar-refractivity contribution is 7.19. The zero-order chi connectivity index (χ0) is 28.4. The van der Waals surface area contributed by atoms with Gasteiger partial charge in [0.2, 0.25) is 0 Å². The van der Waals surface area contributed by atoms with Crippen molar-refractivity contribution in [2.75, 3.05) is 0 Å². The molecule has 0 aliphatic carbocycles. The molecule has 8 aromatic rings. The SMILES string of the molecule is CCc1nc2c(s1)c1ccccc1c1ccc(-c3ccccc3-c3nc(C)sc3-c3cnc4ccccc4c3)c(C)c12. The number of hydrogen-bond donors (Lipinski definition) is 0. The third-order valence-electron chi connectivity index (χ3n) is 8.20. The average Bonchev–Trinajstić information content (AvgIpc) is 3.65. The van der Waals surface area contributed by atoms with Crippen LogP contribution in [0.25, 0.3) is 75.5 Å². The van der Waals surface area contributed by atoms with E-state index in [0.29, 0.717) is 0 Å². The molecule has 0 bridgehead atoms. The van der Waals surface area contributed by atoms with Crippen LogP contribution in [0.5, 0.6) is 0 Å². The minimum Gasteiger partial charge on any atom is -0.256 e. The molecular formula is C37H27N3S2. The molecule has 0 radical (unpaired) electrons. The highest BCUT2D eigenvalue weighted by Crippen LogP contribution is 2.45. The first-order valence-corrected chi connectivity index (χ1v) is 15.9. The molecule has 0 aliphatic heterocycles. The Morgan fingerprint density at radius 1 is 0.690 bits per heavy atom. The van der Waals surface area contributed by atoms with E-state index in [2.05, 4.69) is 106 Å². The standard InChI is InChI=1S/C37H27N3S2/c1-4-32-40-35-33-21(2)25(17-18-28(33)27-13-7-9-15-30(27)37(35)42-32)26-12-6-8-14-29(26)34-36(41-22(3)39-34)24-19-23-11-5-10-16-31(23)38-20-24/h5-20H,4H2,1-3H3. The van der Waals surface area contributed by atoms with Gasteiger partial charge in [-0.05, 0) is 59.9 Å². The summed E-state index contributed by atoms with van der Waals surface area (Å²) in [6.07, 6.45) is 2.92. The van der Waals surface area contributed by atoms with Gasteiger partial charge in [0, 0.05) is 33.5 Å². The first kappa shape index (κ1) is 25.3. The van der Waals surface area contributed by atoms with Crippen LogP contribution in [0.3, 0.4) is 0 Å². The number of fused-ring (bicyclic) bond motifs is 7. The van der Waals surface area contributed by atoms with E-state index >= 15 is 0 Å². The van der Waals surface area contributed by atoms with E-state index in [1.54, 1.807) is 11.3 Å². The van der Waals surface area contributed by atoms with Crippen molar-refractivity contribution in [2.24, 2.45) is 0 Å². The van der Waals surface area contributed by atoms with E-state index in [1.807, 2.05) is 23.6 Å². The number of hydrogen-bond acceptors (Lipinski definition) is 5. The van der Waals surface area contributed by atoms with Gasteiger partial charge in [-0.1, -0.05) is 85.8 Å². The van der Waals surface area contributed by atoms with E-state index < -0.39 is 0 Å². The molecule has 0 fully saturated rings. The first-order chi connectivity index (χ1) is 20.6. The van der Waals surface area contributed by atoms with Crippen LogP contribution < -0.4 is 0 Å². The monoisotopic (exact) mass is 577 g/mol. The Morgan fingerprint density at radius 3 is 2.31 bits per heavy atom. The number of rotatable bonds is 4. The van der Waals surface area contributed by atoms with Crippen molar-refractivity contribution in [3.05, 3.63) is 113 Å². The van der Waals surface area contributed by atoms with Gasteiger partial charge in [-0.25, -0.2) is 9.97 Å². The highest BCUT2D eigenvalue weighted by atomic mass is 32.1. The second kappa shape index (κ2) is 9.83. The molecule has 0 saturated carbocycles. The summed E-state index contributed by atoms with van der Waals surface area (Å²) < 4.78 is 1.28. The lowest BCUT2D eigenvalue weighted by atomic mass is 9.89. The second-order valence-electron chi connectivity index (χ2n) is 10.7. The molecule has 0 unspecified atom stereocenters. The predicted octanol–water partition coefficient (Wildman–Crippen LogP) is 10.8. The van der Waals surface area contributed by atoms with Crippen molar-refractivity contribution in [2.45, 2.75) is 27.2 Å². The van der Waals surface area contributed by atoms with Gasteiger partial charge in [-0.3, -0.25) is 4.98 Å². The number of nitrogens with zero attached hydrogens (tertiary/aromatic N) is 3. The van der Waals surface area contributed by atoms with Crippen molar-refractivity contribution >= 4 is 65.3 Å². The smallest absolute Gasteiger partial charge is 0.0936 e. The molecule has 0 spiro atoms. The molecule has 5 heteroatoms. The van der Waals surface area contributed by atoms with Gasteiger partial charge in [0.05, 0.1) is 36.3 Å². The van der Waals surface area contributed by atoms with E-state index in [9.17, 15) is 0 Å². The van der Waals surface area contributed by atoms with Crippen molar-refractivity contribution in [3.8, 4) is 32.8 Å². The van der Waals surface area contributed by atoms with Crippen LogP contribution in [0.15, 0.2) is 97.2 Å². The summed E-state index contributed by atoms with van der Waals surface area (Å²) in [5.74, 6) is 0. The fraction of sp³-hybridized carbons (Fsp3) is 0.108. The van der Waals surface area contributed by atoms with Gasteiger partial charge in [0.15, 0.2) is 0 Å². The molecule has 0 aliphatic rings. The average molecular weight is 578 g/mol. The molecule has 0 N–H and O–H groups in total. The lowest BCUT2D eigenvalue weighted by molar-refractivity contribution is 1.11. The molecule has 0 amide bonds. The molecule has 5 aromatic carbocycles. The number of aryl methyl sites for hydroxylation is 3. The van der Waals surface area contributed by atoms with Gasteiger partial charge < -0.3 is 0 Å². The Balaban J connectivity index is 1.38. The molecule has 0 saturated heterocycles. The van der Waals surface area contributed by atoms with E-state index in [4.69, 9.17) is 15.0 Å². The second-order valence-corrected chi connectivity index (χ2v) is 13.0. The summed E-state index contributed by atoms with van der Waals surface area (Å²) in [5.41, 5.74) is 9.02. The van der Waals surface area contributed by atoms with Crippen LogP contribution in [0.1, 0.15) is 22.5 Å². The molecule has 42 heavy (non-hydrogen) atoms. The maximum absolute atomic E-state index is 5.17. The molecule has 3 heterocycles. The van der Waals surface area contributed by atoms with Gasteiger partial charge in [0.1, 0.15) is 0 Å². The van der Waals surface area contributed by atoms with Gasteiger partial charge in [-0.15, -0.1) is 22.7 Å². The molecule has 0 atom stereocenters. The fourth-order valence-electron chi connectivity index (χ4n) is 6.24. The van der Waals surface area contributed by atoms with Crippen LogP contribution in [-0.2, 0) is 6.42 Å². The van der Waals surface area contributed by atoms with Crippen molar-refractivity contribution in [1.82, 2.24) is 15.0 Å². The van der Waals surface area contributed by atoms with Crippen molar-refractivity contribution in [3.63, 3.8) is 0 Å². The Hall–Kier alpha value is -4.45. The number of para-hydroxylation sites is 1. The van der Waals surface area contributed by atoms with Crippen LogP contribution in [-0.4, -0.2) is 15.0 Å². The maximum atomic E-state index is 5.17. The Morgan fingerprint density at radius 2 is 1.45 bits per heavy atom. The number of pyridine rings is 1. The minimum atomic E-state index is 0.937. The lowest BCUT2D eigenvalue weighted by Crippen LogP contribution is -1.93. The fourth-order valence-corrected chi connectivity index (χ4v) is 8.20. The summed E-state index contributed by atoms with van der Waals surface area (Å²) in [4.78, 5) is 16.2. The quantitative estimate of drug-likeness (QED) is 0.195. The molecular weight excluding hydrogens is 551 g/mol. The third-order valence-corrected chi connectivity index (χ3v) is 10.4. The molecule has 3 aromatic heterocycles. The summed E-state index contributed by atoms with van der Waals surface area (Å²) >= 11 is 3.56. The largest absolute Gasteiger partial charge is 0.256 e. The summed E-state index contributed by atoms with van der Waals surface area (Å²) in [5, 5.41) is 8.45. The highest BCUT2D eigenvalue weighted by Gasteiger charge is 2.21. The van der Waals surface area contributed by atoms with Crippen molar-refractivity contribution < 1.29 is 0 Å². The van der Waals surface area contributed by atoms with Crippen LogP contribution >= 0.6 is 22.7 Å². The number of thiazole rings is 2. The normalized spacial score (nSPS) is 11.8. The van der Waals surface area contributed by atoms with Gasteiger partial charge in [0.25, 0.3) is 0 Å². The molecule has 8 rings (SSSR count). The van der Waals surface area contributed by atoms with Crippen LogP contribution in [0.4, 0.5) is 0 Å². The topological polar surface area (TPSA) is 38.7 Å². The number of aromatic nitrogens is 3. The minimum absolute atomic E-state index is 0.937. The molecule has 202 valence electrons. The molecule has 3 nitrogen and oxygen atoms in total. The maximum Gasteiger partial charge on any atom is 0.0936 e. The van der Waals surface area contributed by atoms with Crippen molar-refractivity contribution in [1.29, 1.82) is 0 Å². The van der Waals surface area contributed by atoms with Crippen LogP contribution in [0.2, 0.25) is 0 Å². The Kier molecular flexibility index (Phi) is 5.92. The van der Waals surface area contributed by atoms with Crippen LogP contribution in [0, 0.1) is 13.8 Å². The van der Waals surface area contributed by atoms with E-state index in [0.717, 1.165) is 49.5 Å². The summed E-state index contributed by atoms with van der Waals surface area (Å²) in [6, 6.07) is 32.5. The number of benzene rings is 5. The first-order valence-electron chi connectivity index (χ1n) is 14.3. The third kappa shape index (κ3) is 3.88. The Labute approximate surface area is 252 Å². The summed E-state index contributed by atoms with van der Waals surface area (Å²) in [7, 11) is 0. The zero-order valence-corrected chi connectivity index (χ0v) is 25.2. The zero-order valence-electron chi connectivity index (χ0n) is 23.6. The van der Waals surface area contributed by atoms with Gasteiger partial charge in [-0.2, -0.15) is 0 Å². The van der Waals surface area contributed by atoms with E-state index in [1.165, 1.54) is 47.9 Å². The summed E-state index contributed by atoms with van der Waals surface area (Å²) in [6.45, 7) is 6.54. The van der Waals surface area contributed by atoms with E-state index in [-0.39, 0.29) is 0 Å². The van der Waals surface area contributed by atoms with Gasteiger partial charge >= 0.3 is 0 Å².